The van der Waals surface area contributed by atoms with E-state index in [-0.39, 0.29) is 11.8 Å². The quantitative estimate of drug-likeness (QED) is 0.587. The van der Waals surface area contributed by atoms with Crippen molar-refractivity contribution in [2.24, 2.45) is 0 Å². The fourth-order valence-electron chi connectivity index (χ4n) is 4.76. The van der Waals surface area contributed by atoms with Gasteiger partial charge in [-0.15, -0.1) is 0 Å². The summed E-state index contributed by atoms with van der Waals surface area (Å²) in [7, 11) is 0. The predicted octanol–water partition coefficient (Wildman–Crippen LogP) is 2.33. The van der Waals surface area contributed by atoms with Crippen LogP contribution in [0.25, 0.3) is 10.9 Å². The average molecular weight is 463 g/mol. The summed E-state index contributed by atoms with van der Waals surface area (Å²) in [5.74, 6) is 1.37. The van der Waals surface area contributed by atoms with Crippen LogP contribution in [0.3, 0.4) is 0 Å². The first-order valence-corrected chi connectivity index (χ1v) is 11.8. The molecule has 2 aliphatic heterocycles. The molecule has 3 aromatic rings. The van der Waals surface area contributed by atoms with Gasteiger partial charge in [-0.2, -0.15) is 0 Å². The number of aromatic amines is 1. The van der Waals surface area contributed by atoms with Crippen molar-refractivity contribution in [3.8, 4) is 11.5 Å². The number of nitrogens with zero attached hydrogens (tertiary/aromatic N) is 2. The van der Waals surface area contributed by atoms with Crippen molar-refractivity contribution in [2.75, 3.05) is 39.4 Å². The fourth-order valence-corrected chi connectivity index (χ4v) is 4.76. The molecule has 2 amide bonds. The van der Waals surface area contributed by atoms with Gasteiger partial charge >= 0.3 is 0 Å². The van der Waals surface area contributed by atoms with Gasteiger partial charge in [-0.25, -0.2) is 0 Å². The molecule has 2 aromatic carbocycles. The Hall–Kier alpha value is -3.52. The van der Waals surface area contributed by atoms with Gasteiger partial charge in [-0.05, 0) is 29.3 Å². The summed E-state index contributed by atoms with van der Waals surface area (Å²) in [6, 6.07) is 13.5. The second kappa shape index (κ2) is 9.77. The molecule has 3 heterocycles. The molecule has 0 radical (unpaired) electrons. The summed E-state index contributed by atoms with van der Waals surface area (Å²) < 4.78 is 11.3. The van der Waals surface area contributed by atoms with E-state index in [4.69, 9.17) is 9.47 Å². The Morgan fingerprint density at radius 1 is 1.03 bits per heavy atom. The molecule has 0 unspecified atom stereocenters. The average Bonchev–Trinajstić information content (AvgIpc) is 3.26. The van der Waals surface area contributed by atoms with Gasteiger partial charge in [-0.1, -0.05) is 24.3 Å². The van der Waals surface area contributed by atoms with Crippen molar-refractivity contribution in [3.05, 3.63) is 59.8 Å². The second-order valence-corrected chi connectivity index (χ2v) is 8.90. The monoisotopic (exact) mass is 462 g/mol. The van der Waals surface area contributed by atoms with Gasteiger partial charge in [0, 0.05) is 63.2 Å². The molecule has 0 bridgehead atoms. The number of hydrogen-bond acceptors (Lipinski definition) is 5. The van der Waals surface area contributed by atoms with Crippen LogP contribution in [0.1, 0.15) is 18.1 Å². The summed E-state index contributed by atoms with van der Waals surface area (Å²) in [5.41, 5.74) is 3.22. The lowest BCUT2D eigenvalue weighted by atomic mass is 10.0. The number of benzene rings is 2. The molecular formula is C26H30N4O4. The van der Waals surface area contributed by atoms with Crippen LogP contribution in [0.5, 0.6) is 11.5 Å². The summed E-state index contributed by atoms with van der Waals surface area (Å²) in [6.07, 6.45) is 2.39. The second-order valence-electron chi connectivity index (χ2n) is 8.90. The van der Waals surface area contributed by atoms with Crippen molar-refractivity contribution in [1.29, 1.82) is 0 Å². The zero-order chi connectivity index (χ0) is 23.5. The molecule has 8 heteroatoms. The molecular weight excluding hydrogens is 432 g/mol. The van der Waals surface area contributed by atoms with Crippen LogP contribution in [-0.4, -0.2) is 72.0 Å². The van der Waals surface area contributed by atoms with Crippen LogP contribution in [0, 0.1) is 0 Å². The smallest absolute Gasteiger partial charge is 0.245 e. The lowest BCUT2D eigenvalue weighted by Gasteiger charge is -2.36. The van der Waals surface area contributed by atoms with E-state index in [0.29, 0.717) is 32.7 Å². The number of carbonyl (C=O) groups excluding carboxylic acids is 2. The Balaban J connectivity index is 1.21. The molecule has 2 N–H and O–H groups in total. The number of aromatic nitrogens is 1. The summed E-state index contributed by atoms with van der Waals surface area (Å²) >= 11 is 0. The molecule has 1 aromatic heterocycles. The van der Waals surface area contributed by atoms with Crippen LogP contribution in [0.15, 0.2) is 48.7 Å². The van der Waals surface area contributed by atoms with Crippen molar-refractivity contribution in [3.63, 3.8) is 0 Å². The molecule has 0 saturated carbocycles. The van der Waals surface area contributed by atoms with Gasteiger partial charge in [0.15, 0.2) is 11.5 Å². The van der Waals surface area contributed by atoms with Crippen molar-refractivity contribution in [2.45, 2.75) is 25.9 Å². The van der Waals surface area contributed by atoms with Gasteiger partial charge in [0.1, 0.15) is 19.3 Å². The highest BCUT2D eigenvalue weighted by Gasteiger charge is 2.29. The minimum atomic E-state index is -0.582. The largest absolute Gasteiger partial charge is 0.486 e. The van der Waals surface area contributed by atoms with Crippen LogP contribution in [0.4, 0.5) is 0 Å². The number of nitrogens with one attached hydrogen (secondary N) is 2. The van der Waals surface area contributed by atoms with Crippen molar-refractivity contribution in [1.82, 2.24) is 20.1 Å². The van der Waals surface area contributed by atoms with E-state index in [1.807, 2.05) is 47.5 Å². The Morgan fingerprint density at radius 2 is 1.79 bits per heavy atom. The van der Waals surface area contributed by atoms with Crippen LogP contribution in [-0.2, 0) is 22.6 Å². The van der Waals surface area contributed by atoms with Gasteiger partial charge in [0.25, 0.3) is 0 Å². The zero-order valence-corrected chi connectivity index (χ0v) is 19.4. The number of ether oxygens (including phenoxy) is 2. The highest BCUT2D eigenvalue weighted by molar-refractivity contribution is 5.89. The molecule has 0 aliphatic carbocycles. The number of H-pyrrole nitrogens is 1. The minimum Gasteiger partial charge on any atom is -0.486 e. The number of fused-ring (bicyclic) bond motifs is 2. The maximum absolute atomic E-state index is 13.4. The predicted molar refractivity (Wildman–Crippen MR) is 129 cm³/mol. The number of amides is 2. The third kappa shape index (κ3) is 4.87. The number of hydrogen-bond donors (Lipinski definition) is 2. The summed E-state index contributed by atoms with van der Waals surface area (Å²) in [5, 5.41) is 3.96. The Morgan fingerprint density at radius 3 is 2.59 bits per heavy atom. The fraction of sp³-hybridized carbons (Fsp3) is 0.385. The van der Waals surface area contributed by atoms with E-state index >= 15 is 0 Å². The van der Waals surface area contributed by atoms with Crippen LogP contribution in [0.2, 0.25) is 0 Å². The van der Waals surface area contributed by atoms with Gasteiger partial charge < -0.3 is 24.7 Å². The first-order chi connectivity index (χ1) is 16.6. The minimum absolute atomic E-state index is 0.0283. The molecule has 1 saturated heterocycles. The molecule has 5 rings (SSSR count). The highest BCUT2D eigenvalue weighted by Crippen LogP contribution is 2.31. The summed E-state index contributed by atoms with van der Waals surface area (Å²) in [6.45, 7) is 6.23. The van der Waals surface area contributed by atoms with Crippen LogP contribution >= 0.6 is 0 Å². The molecule has 8 nitrogen and oxygen atoms in total. The normalized spacial score (nSPS) is 16.9. The lowest BCUT2D eigenvalue weighted by Crippen LogP contribution is -2.55. The molecule has 34 heavy (non-hydrogen) atoms. The Kier molecular flexibility index (Phi) is 6.40. The first-order valence-electron chi connectivity index (χ1n) is 11.8. The third-order valence-electron chi connectivity index (χ3n) is 6.47. The van der Waals surface area contributed by atoms with Gasteiger partial charge in [0.05, 0.1) is 0 Å². The van der Waals surface area contributed by atoms with Crippen molar-refractivity contribution < 1.29 is 19.1 Å². The Bertz CT molecular complexity index is 1180. The van der Waals surface area contributed by atoms with E-state index in [2.05, 4.69) is 21.3 Å². The maximum atomic E-state index is 13.4. The number of para-hydroxylation sites is 1. The van der Waals surface area contributed by atoms with E-state index in [1.54, 1.807) is 0 Å². The van der Waals surface area contributed by atoms with E-state index in [0.717, 1.165) is 47.6 Å². The number of carbonyl (C=O) groups is 2. The van der Waals surface area contributed by atoms with Gasteiger partial charge in [-0.3, -0.25) is 14.5 Å². The third-order valence-corrected chi connectivity index (χ3v) is 6.47. The molecule has 1 atom stereocenters. The first kappa shape index (κ1) is 22.3. The summed E-state index contributed by atoms with van der Waals surface area (Å²) in [4.78, 5) is 32.7. The van der Waals surface area contributed by atoms with E-state index < -0.39 is 6.04 Å². The number of piperazine rings is 1. The van der Waals surface area contributed by atoms with Crippen LogP contribution < -0.4 is 14.8 Å². The molecule has 2 aliphatic rings. The maximum Gasteiger partial charge on any atom is 0.245 e. The standard InChI is InChI=1S/C26H30N4O4/c1-18(31)28-23(15-20-16-27-22-5-3-2-4-21(20)22)26(32)30-10-8-29(9-11-30)17-19-6-7-24-25(14-19)34-13-12-33-24/h2-7,14,16,23,27H,8-13,15,17H2,1H3,(H,28,31)/t23-/m0/s1. The molecule has 0 spiro atoms. The molecule has 178 valence electrons. The van der Waals surface area contributed by atoms with E-state index in [9.17, 15) is 9.59 Å². The highest BCUT2D eigenvalue weighted by atomic mass is 16.6. The number of rotatable bonds is 6. The molecule has 1 fully saturated rings. The lowest BCUT2D eigenvalue weighted by molar-refractivity contribution is -0.137. The van der Waals surface area contributed by atoms with Gasteiger partial charge in [0.2, 0.25) is 11.8 Å². The van der Waals surface area contributed by atoms with Crippen molar-refractivity contribution >= 4 is 22.7 Å². The zero-order valence-electron chi connectivity index (χ0n) is 19.4. The Labute approximate surface area is 198 Å². The van der Waals surface area contributed by atoms with E-state index in [1.165, 1.54) is 12.5 Å². The SMILES string of the molecule is CC(=O)N[C@@H](Cc1c[nH]c2ccccc12)C(=O)N1CCN(Cc2ccc3c(c2)OCCO3)CC1. The topological polar surface area (TPSA) is 86.9 Å².